The van der Waals surface area contributed by atoms with Crippen molar-refractivity contribution >= 4 is 5.91 Å². The third kappa shape index (κ3) is 1.32. The van der Waals surface area contributed by atoms with Crippen LogP contribution in [0.3, 0.4) is 0 Å². The first-order valence-electron chi connectivity index (χ1n) is 2.69. The minimum atomic E-state index is 0.0176. The highest BCUT2D eigenvalue weighted by molar-refractivity contribution is 5.75. The average Bonchev–Trinajstić information content (AvgIpc) is 1.90. The standard InChI is InChI=1S/C6H8N2O/c1-6(9)8-4-2-7-3-5-8/h2-5,7H,1H3. The van der Waals surface area contributed by atoms with Gasteiger partial charge in [-0.3, -0.25) is 9.69 Å². The van der Waals surface area contributed by atoms with Crippen molar-refractivity contribution in [2.75, 3.05) is 0 Å². The summed E-state index contributed by atoms with van der Waals surface area (Å²) in [5, 5.41) is 2.81. The number of carbonyl (C=O) groups excluding carboxylic acids is 1. The van der Waals surface area contributed by atoms with Crippen molar-refractivity contribution in [2.45, 2.75) is 6.92 Å². The second-order valence-corrected chi connectivity index (χ2v) is 1.72. The summed E-state index contributed by atoms with van der Waals surface area (Å²) in [6.45, 7) is 1.51. The number of nitrogens with zero attached hydrogens (tertiary/aromatic N) is 1. The van der Waals surface area contributed by atoms with Crippen LogP contribution < -0.4 is 5.32 Å². The van der Waals surface area contributed by atoms with Gasteiger partial charge in [0.05, 0.1) is 0 Å². The van der Waals surface area contributed by atoms with Crippen molar-refractivity contribution in [2.24, 2.45) is 0 Å². The fraction of sp³-hybridized carbons (Fsp3) is 0.167. The molecule has 0 atom stereocenters. The van der Waals surface area contributed by atoms with E-state index in [0.717, 1.165) is 0 Å². The second kappa shape index (κ2) is 2.35. The number of carbonyl (C=O) groups is 1. The molecule has 9 heavy (non-hydrogen) atoms. The van der Waals surface area contributed by atoms with Crippen molar-refractivity contribution in [3.63, 3.8) is 0 Å². The molecule has 0 saturated carbocycles. The zero-order valence-corrected chi connectivity index (χ0v) is 5.16. The lowest BCUT2D eigenvalue weighted by Crippen LogP contribution is -2.20. The zero-order valence-electron chi connectivity index (χ0n) is 5.16. The summed E-state index contributed by atoms with van der Waals surface area (Å²) >= 11 is 0. The normalized spacial score (nSPS) is 15.4. The van der Waals surface area contributed by atoms with Crippen LogP contribution in [0.5, 0.6) is 0 Å². The fourth-order valence-corrected chi connectivity index (χ4v) is 0.562. The van der Waals surface area contributed by atoms with E-state index < -0.39 is 0 Å². The quantitative estimate of drug-likeness (QED) is 0.506. The van der Waals surface area contributed by atoms with Crippen LogP contribution in [0, 0.1) is 0 Å². The Balaban J connectivity index is 2.60. The molecule has 0 spiro atoms. The van der Waals surface area contributed by atoms with E-state index in [4.69, 9.17) is 0 Å². The smallest absolute Gasteiger partial charge is 0.227 e. The Morgan fingerprint density at radius 1 is 1.44 bits per heavy atom. The van der Waals surface area contributed by atoms with E-state index in [0.29, 0.717) is 0 Å². The molecular formula is C6H8N2O. The Kier molecular flexibility index (Phi) is 1.53. The SMILES string of the molecule is CC(=O)N1C=CNC=C1. The molecule has 0 aliphatic carbocycles. The van der Waals surface area contributed by atoms with E-state index >= 15 is 0 Å². The second-order valence-electron chi connectivity index (χ2n) is 1.72. The molecule has 3 heteroatoms. The molecule has 0 saturated heterocycles. The van der Waals surface area contributed by atoms with Crippen LogP contribution in [0.2, 0.25) is 0 Å². The lowest BCUT2D eigenvalue weighted by molar-refractivity contribution is -0.124. The van der Waals surface area contributed by atoms with Crippen LogP contribution in [-0.4, -0.2) is 10.8 Å². The van der Waals surface area contributed by atoms with Gasteiger partial charge in [0.25, 0.3) is 0 Å². The summed E-state index contributed by atoms with van der Waals surface area (Å²) in [5.74, 6) is 0.0176. The molecule has 1 aliphatic heterocycles. The number of hydrogen-bond acceptors (Lipinski definition) is 2. The molecule has 1 N–H and O–H groups in total. The van der Waals surface area contributed by atoms with Gasteiger partial charge in [0.1, 0.15) is 0 Å². The highest BCUT2D eigenvalue weighted by Crippen LogP contribution is 1.94. The molecule has 0 aromatic heterocycles. The summed E-state index contributed by atoms with van der Waals surface area (Å²) in [6, 6.07) is 0. The van der Waals surface area contributed by atoms with E-state index in [9.17, 15) is 4.79 Å². The summed E-state index contributed by atoms with van der Waals surface area (Å²) in [4.78, 5) is 12.1. The Hall–Kier alpha value is -1.25. The van der Waals surface area contributed by atoms with E-state index in [1.54, 1.807) is 24.8 Å². The predicted molar refractivity (Wildman–Crippen MR) is 33.9 cm³/mol. The summed E-state index contributed by atoms with van der Waals surface area (Å²) in [5.41, 5.74) is 0. The van der Waals surface area contributed by atoms with Crippen molar-refractivity contribution in [3.8, 4) is 0 Å². The van der Waals surface area contributed by atoms with Crippen LogP contribution in [0.1, 0.15) is 6.92 Å². The maximum atomic E-state index is 10.6. The first-order valence-corrected chi connectivity index (χ1v) is 2.69. The van der Waals surface area contributed by atoms with Gasteiger partial charge >= 0.3 is 0 Å². The van der Waals surface area contributed by atoms with E-state index in [1.165, 1.54) is 11.8 Å². The molecule has 0 bridgehead atoms. The van der Waals surface area contributed by atoms with Crippen molar-refractivity contribution in [1.82, 2.24) is 10.2 Å². The monoisotopic (exact) mass is 124 g/mol. The maximum Gasteiger partial charge on any atom is 0.227 e. The highest BCUT2D eigenvalue weighted by Gasteiger charge is 2.00. The van der Waals surface area contributed by atoms with Gasteiger partial charge in [0.15, 0.2) is 0 Å². The molecule has 0 unspecified atom stereocenters. The van der Waals surface area contributed by atoms with Crippen LogP contribution in [0.15, 0.2) is 24.8 Å². The van der Waals surface area contributed by atoms with Gasteiger partial charge < -0.3 is 5.32 Å². The Morgan fingerprint density at radius 3 is 2.33 bits per heavy atom. The Bertz CT molecular complexity index is 160. The summed E-state index contributed by atoms with van der Waals surface area (Å²) < 4.78 is 0. The number of nitrogens with one attached hydrogen (secondary N) is 1. The van der Waals surface area contributed by atoms with E-state index in [2.05, 4.69) is 5.32 Å². The Labute approximate surface area is 53.7 Å². The molecule has 48 valence electrons. The van der Waals surface area contributed by atoms with Gasteiger partial charge in [-0.25, -0.2) is 0 Å². The van der Waals surface area contributed by atoms with Gasteiger partial charge in [0.2, 0.25) is 5.91 Å². The van der Waals surface area contributed by atoms with Gasteiger partial charge in [-0.2, -0.15) is 0 Å². The van der Waals surface area contributed by atoms with Gasteiger partial charge in [0, 0.05) is 31.7 Å². The third-order valence-corrected chi connectivity index (χ3v) is 1.03. The largest absolute Gasteiger partial charge is 0.365 e. The predicted octanol–water partition coefficient (Wildman–Crippen LogP) is 0.381. The average molecular weight is 124 g/mol. The van der Waals surface area contributed by atoms with E-state index in [-0.39, 0.29) is 5.91 Å². The van der Waals surface area contributed by atoms with Crippen LogP contribution >= 0.6 is 0 Å². The minimum Gasteiger partial charge on any atom is -0.365 e. The fourth-order valence-electron chi connectivity index (χ4n) is 0.562. The first-order chi connectivity index (χ1) is 4.30. The zero-order chi connectivity index (χ0) is 6.69. The van der Waals surface area contributed by atoms with Crippen LogP contribution in [0.25, 0.3) is 0 Å². The van der Waals surface area contributed by atoms with Crippen LogP contribution in [0.4, 0.5) is 0 Å². The maximum absolute atomic E-state index is 10.6. The topological polar surface area (TPSA) is 32.3 Å². The molecule has 1 amide bonds. The third-order valence-electron chi connectivity index (χ3n) is 1.03. The van der Waals surface area contributed by atoms with Crippen molar-refractivity contribution in [3.05, 3.63) is 24.8 Å². The molecule has 1 aliphatic rings. The first kappa shape index (κ1) is 5.88. The molecule has 0 aromatic carbocycles. The van der Waals surface area contributed by atoms with E-state index in [1.807, 2.05) is 0 Å². The molecule has 0 fully saturated rings. The molecule has 1 heterocycles. The van der Waals surface area contributed by atoms with Gasteiger partial charge in [-0.1, -0.05) is 0 Å². The summed E-state index contributed by atoms with van der Waals surface area (Å²) in [7, 11) is 0. The number of amides is 1. The van der Waals surface area contributed by atoms with Gasteiger partial charge in [-0.15, -0.1) is 0 Å². The molecule has 1 rings (SSSR count). The molecule has 0 radical (unpaired) electrons. The lowest BCUT2D eigenvalue weighted by Gasteiger charge is -2.12. The number of hydrogen-bond donors (Lipinski definition) is 1. The molecule has 3 nitrogen and oxygen atoms in total. The minimum absolute atomic E-state index is 0.0176. The molecular weight excluding hydrogens is 116 g/mol. The summed E-state index contributed by atoms with van der Waals surface area (Å²) in [6.07, 6.45) is 6.73. The van der Waals surface area contributed by atoms with Crippen molar-refractivity contribution in [1.29, 1.82) is 0 Å². The van der Waals surface area contributed by atoms with Gasteiger partial charge in [-0.05, 0) is 0 Å². The van der Waals surface area contributed by atoms with Crippen LogP contribution in [-0.2, 0) is 4.79 Å². The molecule has 0 aromatic rings. The highest BCUT2D eigenvalue weighted by atomic mass is 16.2. The Morgan fingerprint density at radius 2 is 2.00 bits per heavy atom. The lowest BCUT2D eigenvalue weighted by atomic mass is 10.5. The number of rotatable bonds is 0. The van der Waals surface area contributed by atoms with Crippen molar-refractivity contribution < 1.29 is 4.79 Å².